The molecular weight excluding hydrogens is 174 g/mol. The summed E-state index contributed by atoms with van der Waals surface area (Å²) < 4.78 is 4.85. The average molecular weight is 191 g/mol. The molecule has 4 heteroatoms. The van der Waals surface area contributed by atoms with E-state index < -0.39 is 5.54 Å². The summed E-state index contributed by atoms with van der Waals surface area (Å²) in [5.74, 6) is -0.327. The molecule has 12 heavy (non-hydrogen) atoms. The molecule has 0 heterocycles. The third-order valence-electron chi connectivity index (χ3n) is 1.91. The first-order valence-electron chi connectivity index (χ1n) is 3.95. The first-order chi connectivity index (χ1) is 5.46. The van der Waals surface area contributed by atoms with Crippen LogP contribution in [0.3, 0.4) is 0 Å². The SMILES string of the molecule is CCOC(=O)C(C)(N)C(C)SC. The second-order valence-electron chi connectivity index (χ2n) is 2.88. The van der Waals surface area contributed by atoms with Gasteiger partial charge < -0.3 is 10.5 Å². The number of rotatable bonds is 4. The van der Waals surface area contributed by atoms with Gasteiger partial charge >= 0.3 is 5.97 Å². The maximum atomic E-state index is 11.3. The molecule has 0 saturated carbocycles. The van der Waals surface area contributed by atoms with E-state index in [2.05, 4.69) is 0 Å². The van der Waals surface area contributed by atoms with Gasteiger partial charge in [-0.05, 0) is 20.1 Å². The quantitative estimate of drug-likeness (QED) is 0.674. The Morgan fingerprint density at radius 2 is 2.25 bits per heavy atom. The number of nitrogens with two attached hydrogens (primary N) is 1. The van der Waals surface area contributed by atoms with Crippen LogP contribution in [0.2, 0.25) is 0 Å². The zero-order valence-electron chi connectivity index (χ0n) is 8.09. The van der Waals surface area contributed by atoms with Gasteiger partial charge in [0.25, 0.3) is 0 Å². The molecule has 0 bridgehead atoms. The Hall–Kier alpha value is -0.220. The van der Waals surface area contributed by atoms with Crippen LogP contribution in [-0.4, -0.2) is 29.6 Å². The normalized spacial score (nSPS) is 18.1. The summed E-state index contributed by atoms with van der Waals surface area (Å²) in [6.45, 7) is 5.78. The first kappa shape index (κ1) is 11.8. The summed E-state index contributed by atoms with van der Waals surface area (Å²) in [7, 11) is 0. The highest BCUT2D eigenvalue weighted by atomic mass is 32.2. The van der Waals surface area contributed by atoms with Crippen LogP contribution >= 0.6 is 11.8 Å². The zero-order valence-corrected chi connectivity index (χ0v) is 8.90. The summed E-state index contributed by atoms with van der Waals surface area (Å²) in [5, 5.41) is 0.0662. The molecule has 0 aromatic heterocycles. The fourth-order valence-corrected chi connectivity index (χ4v) is 1.28. The predicted octanol–water partition coefficient (Wildman–Crippen LogP) is 1.02. The third kappa shape index (κ3) is 2.68. The molecule has 0 spiro atoms. The van der Waals surface area contributed by atoms with Crippen molar-refractivity contribution < 1.29 is 9.53 Å². The summed E-state index contributed by atoms with van der Waals surface area (Å²) in [5.41, 5.74) is 4.93. The highest BCUT2D eigenvalue weighted by Gasteiger charge is 2.35. The molecule has 2 unspecified atom stereocenters. The number of ether oxygens (including phenoxy) is 1. The van der Waals surface area contributed by atoms with Crippen LogP contribution in [0.25, 0.3) is 0 Å². The average Bonchev–Trinajstić information content (AvgIpc) is 2.03. The number of carbonyl (C=O) groups excluding carboxylic acids is 1. The fraction of sp³-hybridized carbons (Fsp3) is 0.875. The third-order valence-corrected chi connectivity index (χ3v) is 3.11. The molecule has 0 aromatic carbocycles. The van der Waals surface area contributed by atoms with Crippen molar-refractivity contribution in [2.75, 3.05) is 12.9 Å². The Bertz CT molecular complexity index is 159. The lowest BCUT2D eigenvalue weighted by molar-refractivity contribution is -0.148. The second kappa shape index (κ2) is 4.72. The van der Waals surface area contributed by atoms with E-state index in [0.717, 1.165) is 0 Å². The first-order valence-corrected chi connectivity index (χ1v) is 5.24. The molecule has 2 atom stereocenters. The minimum atomic E-state index is -0.880. The van der Waals surface area contributed by atoms with Gasteiger partial charge in [-0.3, -0.25) is 4.79 Å². The van der Waals surface area contributed by atoms with Gasteiger partial charge in [0, 0.05) is 5.25 Å². The van der Waals surface area contributed by atoms with Crippen LogP contribution in [0.15, 0.2) is 0 Å². The van der Waals surface area contributed by atoms with Gasteiger partial charge in [-0.15, -0.1) is 0 Å². The van der Waals surface area contributed by atoms with Gasteiger partial charge in [0.1, 0.15) is 5.54 Å². The molecule has 72 valence electrons. The predicted molar refractivity (Wildman–Crippen MR) is 52.2 cm³/mol. The molecule has 0 rings (SSSR count). The van der Waals surface area contributed by atoms with E-state index >= 15 is 0 Å². The van der Waals surface area contributed by atoms with Crippen molar-refractivity contribution in [1.82, 2.24) is 0 Å². The van der Waals surface area contributed by atoms with Gasteiger partial charge in [-0.2, -0.15) is 11.8 Å². The van der Waals surface area contributed by atoms with Crippen LogP contribution in [0.1, 0.15) is 20.8 Å². The molecule has 0 aromatic rings. The van der Waals surface area contributed by atoms with Crippen molar-refractivity contribution in [2.45, 2.75) is 31.6 Å². The molecule has 0 aliphatic heterocycles. The highest BCUT2D eigenvalue weighted by molar-refractivity contribution is 7.99. The Labute approximate surface area is 78.0 Å². The molecular formula is C8H17NO2S. The Morgan fingerprint density at radius 1 is 1.75 bits per heavy atom. The number of hydrogen-bond donors (Lipinski definition) is 1. The maximum Gasteiger partial charge on any atom is 0.326 e. The number of esters is 1. The number of carbonyl (C=O) groups is 1. The number of thioether (sulfide) groups is 1. The van der Waals surface area contributed by atoms with Crippen LogP contribution in [0.4, 0.5) is 0 Å². The lowest BCUT2D eigenvalue weighted by Gasteiger charge is -2.27. The van der Waals surface area contributed by atoms with Crippen molar-refractivity contribution in [3.8, 4) is 0 Å². The van der Waals surface area contributed by atoms with E-state index in [0.29, 0.717) is 6.61 Å². The standard InChI is InChI=1S/C8H17NO2S/c1-5-11-7(10)8(3,9)6(2)12-4/h6H,5,9H2,1-4H3. The van der Waals surface area contributed by atoms with Crippen molar-refractivity contribution in [3.05, 3.63) is 0 Å². The van der Waals surface area contributed by atoms with E-state index in [4.69, 9.17) is 10.5 Å². The van der Waals surface area contributed by atoms with E-state index in [-0.39, 0.29) is 11.2 Å². The van der Waals surface area contributed by atoms with Crippen LogP contribution in [-0.2, 0) is 9.53 Å². The Morgan fingerprint density at radius 3 is 2.58 bits per heavy atom. The summed E-state index contributed by atoms with van der Waals surface area (Å²) in [6, 6.07) is 0. The summed E-state index contributed by atoms with van der Waals surface area (Å²) in [6.07, 6.45) is 1.93. The van der Waals surface area contributed by atoms with E-state index in [1.807, 2.05) is 13.2 Å². The second-order valence-corrected chi connectivity index (χ2v) is 4.06. The molecule has 0 saturated heterocycles. The summed E-state index contributed by atoms with van der Waals surface area (Å²) >= 11 is 1.56. The minimum Gasteiger partial charge on any atom is -0.465 e. The molecule has 0 aliphatic carbocycles. The molecule has 0 amide bonds. The maximum absolute atomic E-state index is 11.3. The molecule has 0 radical (unpaired) electrons. The number of hydrogen-bond acceptors (Lipinski definition) is 4. The van der Waals surface area contributed by atoms with E-state index in [1.165, 1.54) is 0 Å². The molecule has 0 fully saturated rings. The monoisotopic (exact) mass is 191 g/mol. The highest BCUT2D eigenvalue weighted by Crippen LogP contribution is 2.19. The fourth-order valence-electron chi connectivity index (χ4n) is 0.697. The molecule has 3 nitrogen and oxygen atoms in total. The van der Waals surface area contributed by atoms with Crippen LogP contribution < -0.4 is 5.73 Å². The van der Waals surface area contributed by atoms with Gasteiger partial charge in [0.05, 0.1) is 6.61 Å². The van der Waals surface area contributed by atoms with Crippen LogP contribution in [0, 0.1) is 0 Å². The van der Waals surface area contributed by atoms with Crippen molar-refractivity contribution in [3.63, 3.8) is 0 Å². The van der Waals surface area contributed by atoms with Gasteiger partial charge in [0.15, 0.2) is 0 Å². The molecule has 2 N–H and O–H groups in total. The van der Waals surface area contributed by atoms with Crippen molar-refractivity contribution in [2.24, 2.45) is 5.73 Å². The Kier molecular flexibility index (Phi) is 4.63. The van der Waals surface area contributed by atoms with Crippen molar-refractivity contribution >= 4 is 17.7 Å². The zero-order chi connectivity index (χ0) is 9.78. The smallest absolute Gasteiger partial charge is 0.326 e. The summed E-state index contributed by atoms with van der Waals surface area (Å²) in [4.78, 5) is 11.3. The van der Waals surface area contributed by atoms with E-state index in [9.17, 15) is 4.79 Å². The lowest BCUT2D eigenvalue weighted by Crippen LogP contribution is -2.53. The van der Waals surface area contributed by atoms with E-state index in [1.54, 1.807) is 25.6 Å². The van der Waals surface area contributed by atoms with Crippen LogP contribution in [0.5, 0.6) is 0 Å². The topological polar surface area (TPSA) is 52.3 Å². The van der Waals surface area contributed by atoms with Gasteiger partial charge in [-0.1, -0.05) is 6.92 Å². The molecule has 0 aliphatic rings. The van der Waals surface area contributed by atoms with Gasteiger partial charge in [0.2, 0.25) is 0 Å². The Balaban J connectivity index is 4.27. The van der Waals surface area contributed by atoms with Crippen molar-refractivity contribution in [1.29, 1.82) is 0 Å². The minimum absolute atomic E-state index is 0.0662. The van der Waals surface area contributed by atoms with Gasteiger partial charge in [-0.25, -0.2) is 0 Å². The largest absolute Gasteiger partial charge is 0.465 e. The lowest BCUT2D eigenvalue weighted by atomic mass is 10.0.